The third-order valence-corrected chi connectivity index (χ3v) is 8.17. The summed E-state index contributed by atoms with van der Waals surface area (Å²) in [4.78, 5) is 0. The van der Waals surface area contributed by atoms with Gasteiger partial charge in [0.25, 0.3) is 0 Å². The van der Waals surface area contributed by atoms with E-state index < -0.39 is 8.32 Å². The lowest BCUT2D eigenvalue weighted by molar-refractivity contribution is -0.000169. The Kier molecular flexibility index (Phi) is 4.27. The van der Waals surface area contributed by atoms with Crippen molar-refractivity contribution in [2.24, 2.45) is 0 Å². The maximum atomic E-state index is 9.21. The molecule has 1 N–H and O–H groups in total. The topological polar surface area (TPSA) is 38.7 Å². The maximum absolute atomic E-state index is 9.21. The van der Waals surface area contributed by atoms with Crippen molar-refractivity contribution < 1.29 is 14.3 Å². The van der Waals surface area contributed by atoms with Crippen LogP contribution in [0.15, 0.2) is 0 Å². The van der Waals surface area contributed by atoms with Gasteiger partial charge in [-0.05, 0) is 24.6 Å². The molecule has 0 aromatic heterocycles. The van der Waals surface area contributed by atoms with Crippen LogP contribution in [0, 0.1) is 0 Å². The van der Waals surface area contributed by atoms with E-state index in [1.165, 1.54) is 0 Å². The quantitative estimate of drug-likeness (QED) is 0.765. The molecule has 1 aliphatic heterocycles. The van der Waals surface area contributed by atoms with Gasteiger partial charge in [-0.3, -0.25) is 0 Å². The Bertz CT molecular complexity index is 240. The van der Waals surface area contributed by atoms with Crippen LogP contribution in [0.5, 0.6) is 0 Å². The van der Waals surface area contributed by atoms with Crippen molar-refractivity contribution >= 4 is 16.2 Å². The molecule has 3 nitrogen and oxygen atoms in total. The lowest BCUT2D eigenvalue weighted by Gasteiger charge is -2.39. The summed E-state index contributed by atoms with van der Waals surface area (Å²) in [6.45, 7) is 11.0. The first kappa shape index (κ1) is 14.2. The van der Waals surface area contributed by atoms with Crippen molar-refractivity contribution in [3.05, 3.63) is 0 Å². The fourth-order valence-corrected chi connectivity index (χ4v) is 2.95. The Morgan fingerprint density at radius 2 is 2.00 bits per heavy atom. The van der Waals surface area contributed by atoms with Gasteiger partial charge in [-0.2, -0.15) is 0 Å². The van der Waals surface area contributed by atoms with Crippen LogP contribution in [0.3, 0.4) is 0 Å². The van der Waals surface area contributed by atoms with Gasteiger partial charge in [0.2, 0.25) is 0 Å². The molecule has 1 heterocycles. The number of hydrogen-bond donors (Lipinski definition) is 1. The second-order valence-corrected chi connectivity index (χ2v) is 10.8. The van der Waals surface area contributed by atoms with Crippen LogP contribution in [0.1, 0.15) is 27.2 Å². The van der Waals surface area contributed by atoms with Crippen LogP contribution in [0.25, 0.3) is 0 Å². The van der Waals surface area contributed by atoms with E-state index >= 15 is 0 Å². The summed E-state index contributed by atoms with van der Waals surface area (Å²) >= 11 is 0. The average molecular weight is 242 g/mol. The van der Waals surface area contributed by atoms with Crippen molar-refractivity contribution in [2.75, 3.05) is 6.61 Å². The van der Waals surface area contributed by atoms with E-state index in [-0.39, 0.29) is 29.9 Å². The molecule has 1 rings (SSSR count). The van der Waals surface area contributed by atoms with Gasteiger partial charge in [0, 0.05) is 6.00 Å². The van der Waals surface area contributed by atoms with Crippen molar-refractivity contribution in [2.45, 2.75) is 63.5 Å². The van der Waals surface area contributed by atoms with E-state index in [0.29, 0.717) is 6.42 Å². The largest absolute Gasteiger partial charge is 0.411 e. The molecule has 0 saturated carbocycles. The number of ether oxygens (including phenoxy) is 1. The molecule has 3 atom stereocenters. The summed E-state index contributed by atoms with van der Waals surface area (Å²) in [5, 5.41) is 9.38. The Labute approximate surface area is 101 Å². The van der Waals surface area contributed by atoms with Gasteiger partial charge in [0.1, 0.15) is 14.0 Å². The maximum Gasteiger partial charge on any atom is 0.192 e. The molecule has 92 valence electrons. The second kappa shape index (κ2) is 4.80. The molecular weight excluding hydrogens is 219 g/mol. The Morgan fingerprint density at radius 1 is 1.44 bits per heavy atom. The third-order valence-electron chi connectivity index (χ3n) is 3.66. The zero-order valence-corrected chi connectivity index (χ0v) is 12.0. The first-order valence-electron chi connectivity index (χ1n) is 5.87. The van der Waals surface area contributed by atoms with Gasteiger partial charge in [0.05, 0.1) is 12.7 Å². The van der Waals surface area contributed by atoms with Crippen molar-refractivity contribution in [3.8, 4) is 0 Å². The number of aliphatic hydroxyl groups excluding tert-OH is 1. The number of aliphatic hydroxyl groups is 1. The monoisotopic (exact) mass is 242 g/mol. The summed E-state index contributed by atoms with van der Waals surface area (Å²) in [6.07, 6.45) is 0.364. The predicted octanol–water partition coefficient (Wildman–Crippen LogP) is 1.65. The molecule has 1 fully saturated rings. The highest BCUT2D eigenvalue weighted by Crippen LogP contribution is 2.39. The molecule has 0 amide bonds. The molecule has 2 radical (unpaired) electrons. The lowest BCUT2D eigenvalue weighted by atomic mass is 9.96. The standard InChI is InChI=1S/C11H23BO3Si/c1-11(2,3)16(4,5)15-8-6-10(12)14-9(8)7-13/h8-10,13H,6-7H2,1-5H3/t8?,9-,10-/m1/s1. The van der Waals surface area contributed by atoms with Crippen LogP contribution in [-0.4, -0.2) is 46.1 Å². The summed E-state index contributed by atoms with van der Waals surface area (Å²) < 4.78 is 11.6. The minimum atomic E-state index is -1.80. The predicted molar refractivity (Wildman–Crippen MR) is 68.2 cm³/mol. The molecule has 5 heteroatoms. The minimum Gasteiger partial charge on any atom is -0.411 e. The fraction of sp³-hybridized carbons (Fsp3) is 1.00. The average Bonchev–Trinajstić information content (AvgIpc) is 2.43. The van der Waals surface area contributed by atoms with Crippen LogP contribution >= 0.6 is 0 Å². The van der Waals surface area contributed by atoms with Crippen LogP contribution in [0.2, 0.25) is 18.1 Å². The summed E-state index contributed by atoms with van der Waals surface area (Å²) in [7, 11) is 3.92. The van der Waals surface area contributed by atoms with E-state index in [9.17, 15) is 5.11 Å². The zero-order chi connectivity index (χ0) is 12.6. The summed E-state index contributed by atoms with van der Waals surface area (Å²) in [6, 6.07) is -0.299. The van der Waals surface area contributed by atoms with E-state index in [1.54, 1.807) is 0 Å². The smallest absolute Gasteiger partial charge is 0.192 e. The molecule has 0 bridgehead atoms. The van der Waals surface area contributed by atoms with Gasteiger partial charge in [0.15, 0.2) is 8.32 Å². The van der Waals surface area contributed by atoms with Gasteiger partial charge < -0.3 is 14.3 Å². The van der Waals surface area contributed by atoms with Crippen molar-refractivity contribution in [3.63, 3.8) is 0 Å². The molecule has 0 aromatic carbocycles. The molecule has 1 saturated heterocycles. The fourth-order valence-electron chi connectivity index (χ4n) is 1.59. The first-order chi connectivity index (χ1) is 7.17. The lowest BCUT2D eigenvalue weighted by Crippen LogP contribution is -2.46. The van der Waals surface area contributed by atoms with E-state index in [0.717, 1.165) is 0 Å². The molecule has 1 aliphatic rings. The molecular formula is C11H23BO3Si. The highest BCUT2D eigenvalue weighted by atomic mass is 28.4. The normalized spacial score (nSPS) is 32.0. The Balaban J connectivity index is 2.66. The van der Waals surface area contributed by atoms with Gasteiger partial charge >= 0.3 is 0 Å². The molecule has 1 unspecified atom stereocenters. The molecule has 16 heavy (non-hydrogen) atoms. The van der Waals surface area contributed by atoms with E-state index in [1.807, 2.05) is 0 Å². The van der Waals surface area contributed by atoms with Crippen LogP contribution in [0.4, 0.5) is 0 Å². The van der Waals surface area contributed by atoms with Crippen LogP contribution < -0.4 is 0 Å². The van der Waals surface area contributed by atoms with Crippen LogP contribution in [-0.2, 0) is 9.16 Å². The van der Waals surface area contributed by atoms with Crippen molar-refractivity contribution in [1.82, 2.24) is 0 Å². The summed E-state index contributed by atoms with van der Waals surface area (Å²) in [5.41, 5.74) is 0. The second-order valence-electron chi connectivity index (χ2n) is 6.05. The Hall–Kier alpha value is 0.162. The molecule has 0 spiro atoms. The number of rotatable bonds is 3. The molecule has 0 aromatic rings. The SMILES string of the molecule is [B][C@H]1CC(O[Si](C)(C)C(C)(C)C)[C@@H](CO)O1. The highest BCUT2D eigenvalue weighted by Gasteiger charge is 2.43. The van der Waals surface area contributed by atoms with E-state index in [2.05, 4.69) is 33.9 Å². The summed E-state index contributed by atoms with van der Waals surface area (Å²) in [5.74, 6) is 0. The van der Waals surface area contributed by atoms with Crippen molar-refractivity contribution in [1.29, 1.82) is 0 Å². The first-order valence-corrected chi connectivity index (χ1v) is 8.78. The number of hydrogen-bond acceptors (Lipinski definition) is 3. The highest BCUT2D eigenvalue weighted by molar-refractivity contribution is 6.74. The Morgan fingerprint density at radius 3 is 2.44 bits per heavy atom. The van der Waals surface area contributed by atoms with Gasteiger partial charge in [-0.25, -0.2) is 0 Å². The van der Waals surface area contributed by atoms with E-state index in [4.69, 9.17) is 17.0 Å². The minimum absolute atomic E-state index is 0.0208. The third kappa shape index (κ3) is 3.09. The molecule has 0 aliphatic carbocycles. The van der Waals surface area contributed by atoms with Gasteiger partial charge in [-0.15, -0.1) is 0 Å². The van der Waals surface area contributed by atoms with Gasteiger partial charge in [-0.1, -0.05) is 20.8 Å². The zero-order valence-electron chi connectivity index (χ0n) is 11.0.